The normalized spacial score (nSPS) is 28.2. The zero-order valence-corrected chi connectivity index (χ0v) is 12.7. The summed E-state index contributed by atoms with van der Waals surface area (Å²) in [5.41, 5.74) is 0. The summed E-state index contributed by atoms with van der Waals surface area (Å²) in [5, 5.41) is 3.47. The van der Waals surface area contributed by atoms with E-state index in [0.717, 1.165) is 32.4 Å². The SMILES string of the molecule is CCCCC(CC)CC(=O)N1C2CCNCC1CC2. The number of hydrogen-bond acceptors (Lipinski definition) is 2. The van der Waals surface area contributed by atoms with E-state index >= 15 is 0 Å². The van der Waals surface area contributed by atoms with E-state index in [0.29, 0.717) is 23.9 Å². The Labute approximate surface area is 118 Å². The van der Waals surface area contributed by atoms with Gasteiger partial charge in [-0.05, 0) is 38.1 Å². The molecule has 3 nitrogen and oxygen atoms in total. The van der Waals surface area contributed by atoms with Crippen LogP contribution in [0.1, 0.15) is 65.2 Å². The molecular formula is C16H30N2O. The molecule has 2 fully saturated rings. The van der Waals surface area contributed by atoms with Gasteiger partial charge in [-0.15, -0.1) is 0 Å². The van der Waals surface area contributed by atoms with Gasteiger partial charge in [0.15, 0.2) is 0 Å². The average molecular weight is 266 g/mol. The largest absolute Gasteiger partial charge is 0.335 e. The lowest BCUT2D eigenvalue weighted by Gasteiger charge is -2.29. The van der Waals surface area contributed by atoms with Crippen LogP contribution in [0.2, 0.25) is 0 Å². The number of rotatable bonds is 6. The fourth-order valence-corrected chi connectivity index (χ4v) is 3.69. The maximum Gasteiger partial charge on any atom is 0.223 e. The monoisotopic (exact) mass is 266 g/mol. The highest BCUT2D eigenvalue weighted by Gasteiger charge is 2.38. The molecule has 2 rings (SSSR count). The first-order valence-electron chi connectivity index (χ1n) is 8.28. The molecule has 2 heterocycles. The Hall–Kier alpha value is -0.570. The van der Waals surface area contributed by atoms with Gasteiger partial charge in [0.1, 0.15) is 0 Å². The van der Waals surface area contributed by atoms with Crippen molar-refractivity contribution in [3.63, 3.8) is 0 Å². The molecule has 0 saturated carbocycles. The minimum atomic E-state index is 0.430. The minimum absolute atomic E-state index is 0.430. The van der Waals surface area contributed by atoms with Gasteiger partial charge >= 0.3 is 0 Å². The molecule has 0 aliphatic carbocycles. The van der Waals surface area contributed by atoms with Gasteiger partial charge in [-0.3, -0.25) is 4.79 Å². The van der Waals surface area contributed by atoms with Crippen molar-refractivity contribution in [2.75, 3.05) is 13.1 Å². The Morgan fingerprint density at radius 3 is 2.79 bits per heavy atom. The van der Waals surface area contributed by atoms with Gasteiger partial charge in [0.25, 0.3) is 0 Å². The van der Waals surface area contributed by atoms with Crippen LogP contribution in [0.15, 0.2) is 0 Å². The van der Waals surface area contributed by atoms with E-state index in [9.17, 15) is 4.79 Å². The van der Waals surface area contributed by atoms with Crippen molar-refractivity contribution in [2.45, 2.75) is 77.3 Å². The number of hydrogen-bond donors (Lipinski definition) is 1. The molecule has 0 radical (unpaired) electrons. The second-order valence-corrected chi connectivity index (χ2v) is 6.30. The number of unbranched alkanes of at least 4 members (excludes halogenated alkanes) is 1. The Morgan fingerprint density at radius 1 is 1.26 bits per heavy atom. The van der Waals surface area contributed by atoms with Crippen LogP contribution in [-0.4, -0.2) is 36.0 Å². The summed E-state index contributed by atoms with van der Waals surface area (Å²) in [6.07, 6.45) is 9.23. The number of carbonyl (C=O) groups is 1. The minimum Gasteiger partial charge on any atom is -0.335 e. The molecule has 3 heteroatoms. The third-order valence-corrected chi connectivity index (χ3v) is 4.95. The molecule has 19 heavy (non-hydrogen) atoms. The van der Waals surface area contributed by atoms with Crippen molar-refractivity contribution < 1.29 is 4.79 Å². The molecule has 0 spiro atoms. The van der Waals surface area contributed by atoms with Crippen molar-refractivity contribution >= 4 is 5.91 Å². The van der Waals surface area contributed by atoms with Crippen LogP contribution in [-0.2, 0) is 4.79 Å². The smallest absolute Gasteiger partial charge is 0.223 e. The van der Waals surface area contributed by atoms with Crippen LogP contribution in [0.25, 0.3) is 0 Å². The van der Waals surface area contributed by atoms with Crippen LogP contribution in [0, 0.1) is 5.92 Å². The molecule has 0 aromatic heterocycles. The molecule has 0 aromatic rings. The van der Waals surface area contributed by atoms with E-state index < -0.39 is 0 Å². The fourth-order valence-electron chi connectivity index (χ4n) is 3.69. The number of nitrogens with zero attached hydrogens (tertiary/aromatic N) is 1. The highest BCUT2D eigenvalue weighted by atomic mass is 16.2. The number of amides is 1. The number of fused-ring (bicyclic) bond motifs is 2. The first-order valence-corrected chi connectivity index (χ1v) is 8.28. The van der Waals surface area contributed by atoms with Crippen LogP contribution in [0.3, 0.4) is 0 Å². The van der Waals surface area contributed by atoms with Crippen LogP contribution >= 0.6 is 0 Å². The molecule has 110 valence electrons. The topological polar surface area (TPSA) is 32.3 Å². The van der Waals surface area contributed by atoms with Crippen LogP contribution < -0.4 is 5.32 Å². The predicted octanol–water partition coefficient (Wildman–Crippen LogP) is 2.95. The molecule has 2 aliphatic rings. The predicted molar refractivity (Wildman–Crippen MR) is 79.1 cm³/mol. The Balaban J connectivity index is 1.91. The maximum absolute atomic E-state index is 12.6. The molecule has 2 bridgehead atoms. The van der Waals surface area contributed by atoms with Crippen molar-refractivity contribution in [3.8, 4) is 0 Å². The van der Waals surface area contributed by atoms with E-state index in [-0.39, 0.29) is 0 Å². The third-order valence-electron chi connectivity index (χ3n) is 4.95. The molecule has 0 aromatic carbocycles. The Morgan fingerprint density at radius 2 is 2.05 bits per heavy atom. The van der Waals surface area contributed by atoms with E-state index in [1.54, 1.807) is 0 Å². The molecule has 2 saturated heterocycles. The number of nitrogens with one attached hydrogen (secondary N) is 1. The molecule has 1 N–H and O–H groups in total. The van der Waals surface area contributed by atoms with E-state index in [1.807, 2.05) is 0 Å². The molecule has 2 aliphatic heterocycles. The summed E-state index contributed by atoms with van der Waals surface area (Å²) < 4.78 is 0. The lowest BCUT2D eigenvalue weighted by molar-refractivity contribution is -0.134. The summed E-state index contributed by atoms with van der Waals surface area (Å²) in [7, 11) is 0. The van der Waals surface area contributed by atoms with Gasteiger partial charge in [0.2, 0.25) is 5.91 Å². The van der Waals surface area contributed by atoms with Crippen molar-refractivity contribution in [1.29, 1.82) is 0 Å². The van der Waals surface area contributed by atoms with Crippen molar-refractivity contribution in [3.05, 3.63) is 0 Å². The molecule has 3 unspecified atom stereocenters. The maximum atomic E-state index is 12.6. The van der Waals surface area contributed by atoms with Crippen LogP contribution in [0.4, 0.5) is 0 Å². The standard InChI is InChI=1S/C16H30N2O/c1-3-5-6-13(4-2)11-16(19)18-14-7-8-15(18)12-17-10-9-14/h13-15,17H,3-12H2,1-2H3. The molecule has 1 amide bonds. The third kappa shape index (κ3) is 3.71. The molecular weight excluding hydrogens is 236 g/mol. The van der Waals surface area contributed by atoms with Gasteiger partial charge < -0.3 is 10.2 Å². The van der Waals surface area contributed by atoms with Crippen molar-refractivity contribution in [2.24, 2.45) is 5.92 Å². The van der Waals surface area contributed by atoms with Gasteiger partial charge in [-0.2, -0.15) is 0 Å². The molecule has 3 atom stereocenters. The van der Waals surface area contributed by atoms with Gasteiger partial charge in [0, 0.05) is 25.0 Å². The van der Waals surface area contributed by atoms with Gasteiger partial charge in [-0.1, -0.05) is 33.1 Å². The summed E-state index contributed by atoms with van der Waals surface area (Å²) in [6, 6.07) is 1.000. The summed E-state index contributed by atoms with van der Waals surface area (Å²) in [4.78, 5) is 14.9. The quantitative estimate of drug-likeness (QED) is 0.801. The summed E-state index contributed by atoms with van der Waals surface area (Å²) in [5.74, 6) is 1.03. The summed E-state index contributed by atoms with van der Waals surface area (Å²) >= 11 is 0. The highest BCUT2D eigenvalue weighted by molar-refractivity contribution is 5.77. The van der Waals surface area contributed by atoms with Gasteiger partial charge in [0.05, 0.1) is 0 Å². The first kappa shape index (κ1) is 14.8. The van der Waals surface area contributed by atoms with Gasteiger partial charge in [-0.25, -0.2) is 0 Å². The fraction of sp³-hybridized carbons (Fsp3) is 0.938. The zero-order chi connectivity index (χ0) is 13.7. The Kier molecular flexibility index (Phi) is 5.68. The van der Waals surface area contributed by atoms with E-state index in [1.165, 1.54) is 32.1 Å². The summed E-state index contributed by atoms with van der Waals surface area (Å²) in [6.45, 7) is 6.55. The average Bonchev–Trinajstić information content (AvgIpc) is 2.67. The second-order valence-electron chi connectivity index (χ2n) is 6.30. The second kappa shape index (κ2) is 7.28. The lowest BCUT2D eigenvalue weighted by Crippen LogP contribution is -2.43. The number of carbonyl (C=O) groups excluding carboxylic acids is 1. The highest BCUT2D eigenvalue weighted by Crippen LogP contribution is 2.30. The zero-order valence-electron chi connectivity index (χ0n) is 12.7. The lowest BCUT2D eigenvalue weighted by atomic mass is 9.95. The van der Waals surface area contributed by atoms with Crippen LogP contribution in [0.5, 0.6) is 0 Å². The van der Waals surface area contributed by atoms with E-state index in [2.05, 4.69) is 24.1 Å². The van der Waals surface area contributed by atoms with Crippen molar-refractivity contribution in [1.82, 2.24) is 10.2 Å². The van der Waals surface area contributed by atoms with E-state index in [4.69, 9.17) is 0 Å². The Bertz CT molecular complexity index is 278. The first-order chi connectivity index (χ1) is 9.26.